The van der Waals surface area contributed by atoms with Crippen LogP contribution in [0, 0.1) is 6.92 Å². The number of carboxylic acids is 1. The van der Waals surface area contributed by atoms with Gasteiger partial charge in [-0.2, -0.15) is 0 Å². The minimum atomic E-state index is -0.996. The van der Waals surface area contributed by atoms with Crippen molar-refractivity contribution >= 4 is 23.4 Å². The van der Waals surface area contributed by atoms with Crippen molar-refractivity contribution in [2.45, 2.75) is 17.0 Å². The number of rotatable bonds is 3. The summed E-state index contributed by atoms with van der Waals surface area (Å²) in [6.07, 6.45) is 3.44. The number of benzene rings is 1. The van der Waals surface area contributed by atoms with Crippen molar-refractivity contribution in [3.8, 4) is 0 Å². The van der Waals surface area contributed by atoms with E-state index in [1.165, 1.54) is 23.9 Å². The molecule has 0 radical (unpaired) electrons. The summed E-state index contributed by atoms with van der Waals surface area (Å²) in [5.41, 5.74) is 7.35. The number of nitrogen functional groups attached to an aromatic ring is 1. The van der Waals surface area contributed by atoms with Gasteiger partial charge in [0, 0.05) is 23.0 Å². The molecule has 0 saturated carbocycles. The fourth-order valence-corrected chi connectivity index (χ4v) is 2.03. The van der Waals surface area contributed by atoms with Crippen molar-refractivity contribution < 1.29 is 9.90 Å². The Kier molecular flexibility index (Phi) is 3.47. The van der Waals surface area contributed by atoms with Gasteiger partial charge in [0.1, 0.15) is 0 Å². The molecule has 0 aliphatic rings. The molecule has 0 unspecified atom stereocenters. The number of aromatic carboxylic acids is 1. The summed E-state index contributed by atoms with van der Waals surface area (Å²) in [6, 6.07) is 4.60. The van der Waals surface area contributed by atoms with Crippen LogP contribution in [0.1, 0.15) is 15.9 Å². The first-order chi connectivity index (χ1) is 8.56. The number of hydrogen-bond donors (Lipinski definition) is 2. The highest BCUT2D eigenvalue weighted by molar-refractivity contribution is 7.99. The van der Waals surface area contributed by atoms with Crippen LogP contribution in [-0.2, 0) is 0 Å². The average Bonchev–Trinajstić information content (AvgIpc) is 2.34. The lowest BCUT2D eigenvalue weighted by Gasteiger charge is -2.05. The molecule has 18 heavy (non-hydrogen) atoms. The lowest BCUT2D eigenvalue weighted by molar-refractivity contribution is 0.0697. The Morgan fingerprint density at radius 2 is 2.00 bits per heavy atom. The summed E-state index contributed by atoms with van der Waals surface area (Å²) >= 11 is 1.30. The standard InChI is InChI=1S/C12H11N3O2S/c1-7-5-14-12(15-6-7)18-10-3-2-8(11(16)17)4-9(10)13/h2-6H,13H2,1H3,(H,16,17). The number of carbonyl (C=O) groups is 1. The summed E-state index contributed by atoms with van der Waals surface area (Å²) < 4.78 is 0. The highest BCUT2D eigenvalue weighted by Gasteiger charge is 2.08. The first kappa shape index (κ1) is 12.4. The number of carboxylic acid groups (broad SMARTS) is 1. The van der Waals surface area contributed by atoms with Crippen molar-refractivity contribution in [2.24, 2.45) is 0 Å². The Morgan fingerprint density at radius 1 is 1.33 bits per heavy atom. The van der Waals surface area contributed by atoms with Gasteiger partial charge >= 0.3 is 5.97 Å². The second-order valence-corrected chi connectivity index (χ2v) is 4.71. The minimum absolute atomic E-state index is 0.168. The zero-order valence-electron chi connectivity index (χ0n) is 9.62. The monoisotopic (exact) mass is 261 g/mol. The molecule has 6 heteroatoms. The van der Waals surface area contributed by atoms with Crippen LogP contribution in [0.5, 0.6) is 0 Å². The van der Waals surface area contributed by atoms with E-state index >= 15 is 0 Å². The van der Waals surface area contributed by atoms with Crippen LogP contribution in [-0.4, -0.2) is 21.0 Å². The van der Waals surface area contributed by atoms with Gasteiger partial charge in [-0.1, -0.05) is 0 Å². The highest BCUT2D eigenvalue weighted by atomic mass is 32.2. The fourth-order valence-electron chi connectivity index (χ4n) is 1.31. The topological polar surface area (TPSA) is 89.1 Å². The molecule has 0 amide bonds. The summed E-state index contributed by atoms with van der Waals surface area (Å²) in [5, 5.41) is 9.41. The Bertz CT molecular complexity index is 584. The third kappa shape index (κ3) is 2.78. The highest BCUT2D eigenvalue weighted by Crippen LogP contribution is 2.30. The van der Waals surface area contributed by atoms with Crippen molar-refractivity contribution in [3.63, 3.8) is 0 Å². The molecule has 0 bridgehead atoms. The smallest absolute Gasteiger partial charge is 0.335 e. The van der Waals surface area contributed by atoms with E-state index in [9.17, 15) is 4.79 Å². The van der Waals surface area contributed by atoms with E-state index in [1.54, 1.807) is 18.5 Å². The maximum atomic E-state index is 10.8. The largest absolute Gasteiger partial charge is 0.478 e. The normalized spacial score (nSPS) is 10.3. The maximum Gasteiger partial charge on any atom is 0.335 e. The molecular formula is C12H11N3O2S. The van der Waals surface area contributed by atoms with E-state index in [0.717, 1.165) is 10.5 Å². The van der Waals surface area contributed by atoms with Gasteiger partial charge in [0.15, 0.2) is 5.16 Å². The Morgan fingerprint density at radius 3 is 2.56 bits per heavy atom. The van der Waals surface area contributed by atoms with Gasteiger partial charge in [0.2, 0.25) is 0 Å². The molecule has 1 aromatic carbocycles. The lowest BCUT2D eigenvalue weighted by Crippen LogP contribution is -1.99. The molecule has 3 N–H and O–H groups in total. The summed E-state index contributed by atoms with van der Waals surface area (Å²) in [6.45, 7) is 1.91. The van der Waals surface area contributed by atoms with E-state index in [1.807, 2.05) is 6.92 Å². The van der Waals surface area contributed by atoms with Gasteiger partial charge in [-0.05, 0) is 42.4 Å². The number of aryl methyl sites for hydroxylation is 1. The molecule has 5 nitrogen and oxygen atoms in total. The van der Waals surface area contributed by atoms with Crippen molar-refractivity contribution in [2.75, 3.05) is 5.73 Å². The molecule has 0 atom stereocenters. The second kappa shape index (κ2) is 5.05. The summed E-state index contributed by atoms with van der Waals surface area (Å²) in [5.74, 6) is -0.996. The fraction of sp³-hybridized carbons (Fsp3) is 0.0833. The molecule has 0 fully saturated rings. The number of hydrogen-bond acceptors (Lipinski definition) is 5. The quantitative estimate of drug-likeness (QED) is 0.650. The van der Waals surface area contributed by atoms with Gasteiger partial charge < -0.3 is 10.8 Å². The summed E-state index contributed by atoms with van der Waals surface area (Å²) in [7, 11) is 0. The Balaban J connectivity index is 2.24. The molecule has 92 valence electrons. The van der Waals surface area contributed by atoms with Crippen LogP contribution < -0.4 is 5.73 Å². The van der Waals surface area contributed by atoms with Gasteiger partial charge in [0.05, 0.1) is 5.56 Å². The van der Waals surface area contributed by atoms with Gasteiger partial charge in [0.25, 0.3) is 0 Å². The Hall–Kier alpha value is -2.08. The SMILES string of the molecule is Cc1cnc(Sc2ccc(C(=O)O)cc2N)nc1. The Labute approximate surface area is 108 Å². The predicted octanol–water partition coefficient (Wildman–Crippen LogP) is 2.22. The molecule has 0 aliphatic heterocycles. The van der Waals surface area contributed by atoms with Crippen LogP contribution in [0.2, 0.25) is 0 Å². The number of anilines is 1. The van der Waals surface area contributed by atoms with E-state index in [4.69, 9.17) is 10.8 Å². The molecule has 1 aromatic heterocycles. The molecule has 2 rings (SSSR count). The van der Waals surface area contributed by atoms with Gasteiger partial charge in [-0.3, -0.25) is 0 Å². The van der Waals surface area contributed by atoms with Crippen molar-refractivity contribution in [3.05, 3.63) is 41.7 Å². The van der Waals surface area contributed by atoms with Gasteiger partial charge in [-0.25, -0.2) is 14.8 Å². The molecule has 1 heterocycles. The third-order valence-corrected chi connectivity index (χ3v) is 3.20. The van der Waals surface area contributed by atoms with Crippen molar-refractivity contribution in [1.29, 1.82) is 0 Å². The van der Waals surface area contributed by atoms with E-state index < -0.39 is 5.97 Å². The van der Waals surface area contributed by atoms with E-state index in [-0.39, 0.29) is 5.56 Å². The molecular weight excluding hydrogens is 250 g/mol. The van der Waals surface area contributed by atoms with Crippen LogP contribution in [0.15, 0.2) is 40.6 Å². The zero-order chi connectivity index (χ0) is 13.1. The number of nitrogens with two attached hydrogens (primary N) is 1. The molecule has 0 saturated heterocycles. The van der Waals surface area contributed by atoms with Crippen LogP contribution in [0.4, 0.5) is 5.69 Å². The minimum Gasteiger partial charge on any atom is -0.478 e. The lowest BCUT2D eigenvalue weighted by atomic mass is 10.2. The van der Waals surface area contributed by atoms with Crippen LogP contribution in [0.3, 0.4) is 0 Å². The predicted molar refractivity (Wildman–Crippen MR) is 68.7 cm³/mol. The van der Waals surface area contributed by atoms with E-state index in [0.29, 0.717) is 10.8 Å². The molecule has 2 aromatic rings. The average molecular weight is 261 g/mol. The van der Waals surface area contributed by atoms with Crippen LogP contribution >= 0.6 is 11.8 Å². The third-order valence-electron chi connectivity index (χ3n) is 2.22. The van der Waals surface area contributed by atoms with Crippen molar-refractivity contribution in [1.82, 2.24) is 9.97 Å². The molecule has 0 spiro atoms. The first-order valence-electron chi connectivity index (χ1n) is 5.15. The van der Waals surface area contributed by atoms with Gasteiger partial charge in [-0.15, -0.1) is 0 Å². The maximum absolute atomic E-state index is 10.8. The molecule has 0 aliphatic carbocycles. The van der Waals surface area contributed by atoms with Crippen LogP contribution in [0.25, 0.3) is 0 Å². The number of nitrogens with zero attached hydrogens (tertiary/aromatic N) is 2. The van der Waals surface area contributed by atoms with E-state index in [2.05, 4.69) is 9.97 Å². The summed E-state index contributed by atoms with van der Waals surface area (Å²) in [4.78, 5) is 19.8. The first-order valence-corrected chi connectivity index (χ1v) is 5.97. The second-order valence-electron chi connectivity index (χ2n) is 3.70. The zero-order valence-corrected chi connectivity index (χ0v) is 10.4. The number of aromatic nitrogens is 2.